The number of rotatable bonds is 9. The third-order valence-electron chi connectivity index (χ3n) is 6.97. The van der Waals surface area contributed by atoms with Crippen LogP contribution in [-0.2, 0) is 20.8 Å². The molecule has 3 rings (SSSR count). The van der Waals surface area contributed by atoms with Crippen LogP contribution in [0.2, 0.25) is 0 Å². The lowest BCUT2D eigenvalue weighted by atomic mass is 9.94. The van der Waals surface area contributed by atoms with Gasteiger partial charge in [-0.25, -0.2) is 0 Å². The molecule has 5 nitrogen and oxygen atoms in total. The Hall–Kier alpha value is -1.68. The smallest absolute Gasteiger partial charge is 0.164 e. The fourth-order valence-corrected chi connectivity index (χ4v) is 5.04. The Kier molecular flexibility index (Phi) is 9.37. The van der Waals surface area contributed by atoms with E-state index < -0.39 is 11.4 Å². The Morgan fingerprint density at radius 3 is 2.71 bits per heavy atom. The number of ether oxygens (including phenoxy) is 3. The first kappa shape index (κ1) is 26.9. The van der Waals surface area contributed by atoms with E-state index in [2.05, 4.69) is 55.7 Å². The highest BCUT2D eigenvalue weighted by Crippen LogP contribution is 2.32. The van der Waals surface area contributed by atoms with Crippen LogP contribution in [0.1, 0.15) is 66.4 Å². The Morgan fingerprint density at radius 2 is 2.06 bits per heavy atom. The van der Waals surface area contributed by atoms with Crippen molar-refractivity contribution in [1.29, 1.82) is 0 Å². The Bertz CT molecular complexity index is 871. The van der Waals surface area contributed by atoms with Crippen LogP contribution in [0.25, 0.3) is 0 Å². The van der Waals surface area contributed by atoms with Gasteiger partial charge in [-0.05, 0) is 71.6 Å². The maximum atomic E-state index is 10.2. The van der Waals surface area contributed by atoms with Gasteiger partial charge in [0.05, 0.1) is 25.9 Å². The molecule has 2 saturated heterocycles. The summed E-state index contributed by atoms with van der Waals surface area (Å²) in [5.41, 5.74) is 1.73. The first-order valence-corrected chi connectivity index (χ1v) is 12.7. The van der Waals surface area contributed by atoms with Gasteiger partial charge in [0.1, 0.15) is 11.7 Å². The van der Waals surface area contributed by atoms with E-state index in [1.807, 2.05) is 39.0 Å². The summed E-state index contributed by atoms with van der Waals surface area (Å²) < 4.78 is 18.2. The number of hydrogen-bond donors (Lipinski definition) is 1. The monoisotopic (exact) mass is 469 g/mol. The molecule has 2 aliphatic heterocycles. The van der Waals surface area contributed by atoms with Crippen molar-refractivity contribution in [2.75, 3.05) is 19.7 Å². The zero-order chi connectivity index (χ0) is 24.8. The molecule has 1 aromatic rings. The molecule has 0 unspecified atom stereocenters. The number of benzene rings is 1. The third-order valence-corrected chi connectivity index (χ3v) is 6.97. The van der Waals surface area contributed by atoms with Crippen LogP contribution in [0.15, 0.2) is 42.0 Å². The van der Waals surface area contributed by atoms with E-state index in [1.165, 1.54) is 5.57 Å². The Balaban J connectivity index is 1.52. The highest BCUT2D eigenvalue weighted by molar-refractivity contribution is 5.15. The molecular weight excluding hydrogens is 426 g/mol. The molecule has 0 aliphatic carbocycles. The van der Waals surface area contributed by atoms with Crippen LogP contribution in [-0.4, -0.2) is 59.3 Å². The van der Waals surface area contributed by atoms with Crippen molar-refractivity contribution in [3.8, 4) is 11.8 Å². The van der Waals surface area contributed by atoms with Gasteiger partial charge >= 0.3 is 0 Å². The maximum absolute atomic E-state index is 10.2. The average Bonchev–Trinajstić information content (AvgIpc) is 3.40. The van der Waals surface area contributed by atoms with Gasteiger partial charge in [-0.1, -0.05) is 55.2 Å². The fraction of sp³-hybridized carbons (Fsp3) is 0.655. The summed E-state index contributed by atoms with van der Waals surface area (Å²) >= 11 is 0. The summed E-state index contributed by atoms with van der Waals surface area (Å²) in [4.78, 5) is 2.37. The number of likely N-dealkylation sites (tertiary alicyclic amines) is 1. The topological polar surface area (TPSA) is 51.2 Å². The molecule has 1 aromatic carbocycles. The molecule has 2 heterocycles. The molecule has 5 atom stereocenters. The molecule has 0 radical (unpaired) electrons. The van der Waals surface area contributed by atoms with E-state index in [0.717, 1.165) is 31.4 Å². The first-order valence-electron chi connectivity index (χ1n) is 12.7. The number of aliphatic hydroxyl groups excluding tert-OH is 1. The van der Waals surface area contributed by atoms with Crippen LogP contribution in [0.3, 0.4) is 0 Å². The number of allylic oxidation sites excluding steroid dienone is 1. The fourth-order valence-electron chi connectivity index (χ4n) is 5.04. The summed E-state index contributed by atoms with van der Waals surface area (Å²) in [5.74, 6) is 6.56. The van der Waals surface area contributed by atoms with E-state index in [9.17, 15) is 5.11 Å². The quantitative estimate of drug-likeness (QED) is 0.410. The van der Waals surface area contributed by atoms with E-state index in [0.29, 0.717) is 13.2 Å². The third kappa shape index (κ3) is 7.16. The second kappa shape index (κ2) is 11.8. The van der Waals surface area contributed by atoms with Crippen molar-refractivity contribution in [3.63, 3.8) is 0 Å². The minimum absolute atomic E-state index is 0.00289. The second-order valence-electron chi connectivity index (χ2n) is 10.5. The van der Waals surface area contributed by atoms with Crippen LogP contribution >= 0.6 is 0 Å². The average molecular weight is 470 g/mol. The van der Waals surface area contributed by atoms with Crippen LogP contribution in [0, 0.1) is 17.8 Å². The highest BCUT2D eigenvalue weighted by Gasteiger charge is 2.41. The number of nitrogens with zero attached hydrogens (tertiary/aromatic N) is 1. The molecule has 0 amide bonds. The molecule has 34 heavy (non-hydrogen) atoms. The van der Waals surface area contributed by atoms with Crippen molar-refractivity contribution in [3.05, 3.63) is 47.5 Å². The van der Waals surface area contributed by atoms with Crippen LogP contribution in [0.5, 0.6) is 0 Å². The molecule has 2 aliphatic rings. The molecule has 0 spiro atoms. The predicted molar refractivity (Wildman–Crippen MR) is 136 cm³/mol. The summed E-state index contributed by atoms with van der Waals surface area (Å²) in [6.45, 7) is 14.5. The molecule has 0 aromatic heterocycles. The highest BCUT2D eigenvalue weighted by atomic mass is 16.7. The minimum atomic E-state index is -0.604. The molecule has 1 N–H and O–H groups in total. The SMILES string of the molecule is C/C(=C\C[C@@H](C)C#CCN1CCC[C@H]1[C@](C)(CO)OCc1ccccc1)[C@H]1OC(C)(C)O[C@@H]1C. The Labute approximate surface area is 206 Å². The van der Waals surface area contributed by atoms with Crippen molar-refractivity contribution >= 4 is 0 Å². The van der Waals surface area contributed by atoms with E-state index in [1.54, 1.807) is 0 Å². The molecule has 188 valence electrons. The number of hydrogen-bond acceptors (Lipinski definition) is 5. The van der Waals surface area contributed by atoms with Crippen LogP contribution < -0.4 is 0 Å². The van der Waals surface area contributed by atoms with E-state index in [4.69, 9.17) is 14.2 Å². The van der Waals surface area contributed by atoms with Gasteiger partial charge in [0, 0.05) is 12.0 Å². The standard InChI is InChI=1S/C29H43NO4/c1-22(16-17-23(2)27-24(3)33-28(4,5)34-27)12-10-18-30-19-11-15-26(30)29(6,21-31)32-20-25-13-8-7-9-14-25/h7-9,13-14,17,22,24,26-27,31H,11,15-16,18-21H2,1-6H3/b23-17+/t22-,24+,26-,27+,29-/m0/s1. The van der Waals surface area contributed by atoms with Gasteiger partial charge < -0.3 is 19.3 Å². The lowest BCUT2D eigenvalue weighted by Gasteiger charge is -2.38. The largest absolute Gasteiger partial charge is 0.393 e. The summed E-state index contributed by atoms with van der Waals surface area (Å²) in [6.07, 6.45) is 5.32. The van der Waals surface area contributed by atoms with Gasteiger partial charge in [-0.2, -0.15) is 0 Å². The van der Waals surface area contributed by atoms with Crippen LogP contribution in [0.4, 0.5) is 0 Å². The Morgan fingerprint density at radius 1 is 1.32 bits per heavy atom. The van der Waals surface area contributed by atoms with E-state index in [-0.39, 0.29) is 30.8 Å². The molecular formula is C29H43NO4. The maximum Gasteiger partial charge on any atom is 0.164 e. The van der Waals surface area contributed by atoms with E-state index >= 15 is 0 Å². The number of aliphatic hydroxyl groups is 1. The summed E-state index contributed by atoms with van der Waals surface area (Å²) in [7, 11) is 0. The zero-order valence-corrected chi connectivity index (χ0v) is 21.8. The van der Waals surface area contributed by atoms with Crippen molar-refractivity contribution in [2.45, 2.75) is 97.0 Å². The molecule has 5 heteroatoms. The molecule has 2 fully saturated rings. The van der Waals surface area contributed by atoms with Crippen molar-refractivity contribution in [2.24, 2.45) is 5.92 Å². The molecule has 0 bridgehead atoms. The van der Waals surface area contributed by atoms with Crippen molar-refractivity contribution in [1.82, 2.24) is 4.90 Å². The van der Waals surface area contributed by atoms with Gasteiger partial charge in [0.15, 0.2) is 5.79 Å². The summed E-state index contributed by atoms with van der Waals surface area (Å²) in [5, 5.41) is 10.2. The first-order chi connectivity index (χ1) is 16.1. The lowest BCUT2D eigenvalue weighted by Crippen LogP contribution is -2.52. The van der Waals surface area contributed by atoms with Crippen molar-refractivity contribution < 1.29 is 19.3 Å². The molecule has 0 saturated carbocycles. The zero-order valence-electron chi connectivity index (χ0n) is 21.8. The van der Waals surface area contributed by atoms with Gasteiger partial charge in [-0.3, -0.25) is 4.90 Å². The van der Waals surface area contributed by atoms with Gasteiger partial charge in [-0.15, -0.1) is 0 Å². The lowest BCUT2D eigenvalue weighted by molar-refractivity contribution is -0.142. The normalized spacial score (nSPS) is 27.7. The summed E-state index contributed by atoms with van der Waals surface area (Å²) in [6, 6.07) is 10.3. The second-order valence-corrected chi connectivity index (χ2v) is 10.5. The predicted octanol–water partition coefficient (Wildman–Crippen LogP) is 4.93. The minimum Gasteiger partial charge on any atom is -0.393 e. The van der Waals surface area contributed by atoms with Gasteiger partial charge in [0.2, 0.25) is 0 Å². The van der Waals surface area contributed by atoms with Gasteiger partial charge in [0.25, 0.3) is 0 Å².